The summed E-state index contributed by atoms with van der Waals surface area (Å²) in [4.78, 5) is 8.02. The number of rotatable bonds is 6. The Bertz CT molecular complexity index is 5000. The molecule has 0 saturated carbocycles. The molecule has 12 aromatic carbocycles. The quantitative estimate of drug-likeness (QED) is 0.154. The summed E-state index contributed by atoms with van der Waals surface area (Å²) < 4.78 is 10.0. The van der Waals surface area contributed by atoms with Crippen molar-refractivity contribution in [3.8, 4) is 56.0 Å². The van der Waals surface area contributed by atoms with Crippen molar-refractivity contribution in [3.63, 3.8) is 0 Å². The van der Waals surface area contributed by atoms with E-state index in [0.29, 0.717) is 0 Å². The molecule has 0 amide bonds. The second-order valence-corrected chi connectivity index (χ2v) is 30.5. The zero-order valence-corrected chi connectivity index (χ0v) is 54.6. The topological polar surface area (TPSA) is 15.7 Å². The minimum absolute atomic E-state index is 0.0577. The molecule has 0 aliphatic carbocycles. The minimum atomic E-state index is -0.296. The van der Waals surface area contributed by atoms with Gasteiger partial charge in [-0.1, -0.05) is 262 Å². The van der Waals surface area contributed by atoms with Gasteiger partial charge >= 0.3 is 0 Å². The van der Waals surface area contributed by atoms with Crippen LogP contribution in [0.25, 0.3) is 64.7 Å². The van der Waals surface area contributed by atoms with Crippen LogP contribution in [0.2, 0.25) is 0 Å². The average Bonchev–Trinajstić information content (AvgIpc) is 1.03. The zero-order valence-electron chi connectivity index (χ0n) is 52.9. The van der Waals surface area contributed by atoms with Crippen LogP contribution < -0.4 is 47.3 Å². The number of benzene rings is 12. The molecule has 3 nitrogen and oxygen atoms in total. The molecule has 17 rings (SSSR count). The Labute approximate surface area is 544 Å². The van der Waals surface area contributed by atoms with Gasteiger partial charge in [-0.05, 0) is 155 Å². The molecule has 4 aliphatic heterocycles. The van der Waals surface area contributed by atoms with Crippen LogP contribution in [0.1, 0.15) is 79.0 Å². The van der Waals surface area contributed by atoms with Crippen molar-refractivity contribution in [1.29, 1.82) is 0 Å². The van der Waals surface area contributed by atoms with E-state index >= 15 is 0 Å². The molecule has 4 aliphatic rings. The van der Waals surface area contributed by atoms with Gasteiger partial charge in [-0.2, -0.15) is 0 Å². The highest BCUT2D eigenvalue weighted by Crippen LogP contribution is 2.58. The molecule has 0 bridgehead atoms. The maximum Gasteiger partial charge on any atom is 0.253 e. The van der Waals surface area contributed by atoms with Crippen LogP contribution in [0.4, 0.5) is 34.1 Å². The number of ether oxygens (including phenoxy) is 1. The predicted molar refractivity (Wildman–Crippen MR) is 393 cm³/mol. The SMILES string of the molecule is CC(C)(C)c1cc(-c2ccccc2)c(N2c3cc4sc5ccccc5c4cc3B3c4cc5c6c(c4N(c4c(-c7ccccc7)cc(C(C)(C)C)cc4-c4ccccc4)c4cc(C(C)(C)C)cc2c43)Sc2ccccc2B6c2ccccc2O5)c(-c2ccccc2)c1. The highest BCUT2D eigenvalue weighted by atomic mass is 32.2. The Balaban J connectivity index is 1.10. The lowest BCUT2D eigenvalue weighted by molar-refractivity contribution is 0.487. The van der Waals surface area contributed by atoms with Gasteiger partial charge in [-0.15, -0.1) is 11.3 Å². The van der Waals surface area contributed by atoms with Crippen molar-refractivity contribution in [2.45, 2.75) is 88.3 Å². The molecule has 0 radical (unpaired) electrons. The largest absolute Gasteiger partial charge is 0.458 e. The van der Waals surface area contributed by atoms with Crippen LogP contribution in [0.15, 0.2) is 259 Å². The van der Waals surface area contributed by atoms with Crippen molar-refractivity contribution in [2.75, 3.05) is 9.80 Å². The Kier molecular flexibility index (Phi) is 12.6. The predicted octanol–water partition coefficient (Wildman–Crippen LogP) is 19.8. The molecule has 5 heterocycles. The third-order valence-corrected chi connectivity index (χ3v) is 21.9. The summed E-state index contributed by atoms with van der Waals surface area (Å²) in [5, 5.41) is 2.56. The van der Waals surface area contributed by atoms with Crippen LogP contribution in [0.5, 0.6) is 11.5 Å². The smallest absolute Gasteiger partial charge is 0.253 e. The fourth-order valence-electron chi connectivity index (χ4n) is 15.0. The van der Waals surface area contributed by atoms with Crippen molar-refractivity contribution in [2.24, 2.45) is 0 Å². The van der Waals surface area contributed by atoms with Gasteiger partial charge in [0.2, 0.25) is 0 Å². The molecule has 91 heavy (non-hydrogen) atoms. The van der Waals surface area contributed by atoms with E-state index < -0.39 is 0 Å². The number of hydrogen-bond donors (Lipinski definition) is 0. The molecule has 0 N–H and O–H groups in total. The fraction of sp³-hybridized carbons (Fsp3) is 0.143. The van der Waals surface area contributed by atoms with E-state index in [2.05, 4.69) is 321 Å². The summed E-state index contributed by atoms with van der Waals surface area (Å²) in [7, 11) is 0. The van der Waals surface area contributed by atoms with Crippen LogP contribution in [-0.2, 0) is 16.2 Å². The first kappa shape index (κ1) is 55.8. The molecule has 13 aromatic rings. The Morgan fingerprint density at radius 2 is 0.780 bits per heavy atom. The van der Waals surface area contributed by atoms with Crippen LogP contribution in [0, 0.1) is 0 Å². The van der Waals surface area contributed by atoms with E-state index in [0.717, 1.165) is 22.9 Å². The summed E-state index contributed by atoms with van der Waals surface area (Å²) in [6.45, 7) is 21.1. The number of fused-ring (bicyclic) bond motifs is 12. The lowest BCUT2D eigenvalue weighted by atomic mass is 9.31. The molecule has 0 unspecified atom stereocenters. The Morgan fingerprint density at radius 3 is 1.33 bits per heavy atom. The van der Waals surface area contributed by atoms with Crippen LogP contribution in [0.3, 0.4) is 0 Å². The Morgan fingerprint density at radius 1 is 0.330 bits per heavy atom. The van der Waals surface area contributed by atoms with Gasteiger partial charge in [-0.25, -0.2) is 0 Å². The molecular formula is C84H68B2N2OS2. The summed E-state index contributed by atoms with van der Waals surface area (Å²) in [5.41, 5.74) is 27.2. The second-order valence-electron chi connectivity index (χ2n) is 28.4. The highest BCUT2D eigenvalue weighted by Gasteiger charge is 2.50. The van der Waals surface area contributed by atoms with E-state index in [1.165, 1.54) is 147 Å². The number of para-hydroxylation sites is 1. The molecule has 7 heteroatoms. The van der Waals surface area contributed by atoms with E-state index in [9.17, 15) is 0 Å². The molecule has 0 fully saturated rings. The third kappa shape index (κ3) is 8.86. The molecule has 0 saturated heterocycles. The van der Waals surface area contributed by atoms with Crippen LogP contribution >= 0.6 is 23.1 Å². The van der Waals surface area contributed by atoms with Crippen molar-refractivity contribution in [3.05, 3.63) is 265 Å². The lowest BCUT2D eigenvalue weighted by Crippen LogP contribution is -2.64. The molecular weight excluding hydrogens is 1140 g/mol. The number of thiophene rings is 1. The van der Waals surface area contributed by atoms with Gasteiger partial charge in [0.25, 0.3) is 13.4 Å². The van der Waals surface area contributed by atoms with Crippen molar-refractivity contribution in [1.82, 2.24) is 0 Å². The number of anilines is 6. The summed E-state index contributed by atoms with van der Waals surface area (Å²) >= 11 is 3.82. The van der Waals surface area contributed by atoms with Crippen molar-refractivity contribution >= 4 is 124 Å². The first-order chi connectivity index (χ1) is 44.0. The molecule has 438 valence electrons. The van der Waals surface area contributed by atoms with E-state index in [1.54, 1.807) is 0 Å². The maximum absolute atomic E-state index is 7.50. The monoisotopic (exact) mass is 1210 g/mol. The minimum Gasteiger partial charge on any atom is -0.458 e. The molecule has 1 aromatic heterocycles. The lowest BCUT2D eigenvalue weighted by Gasteiger charge is -2.48. The van der Waals surface area contributed by atoms with Gasteiger partial charge in [-0.3, -0.25) is 0 Å². The van der Waals surface area contributed by atoms with E-state index in [4.69, 9.17) is 4.74 Å². The van der Waals surface area contributed by atoms with E-state index in [-0.39, 0.29) is 29.7 Å². The number of hydrogen-bond acceptors (Lipinski definition) is 5. The highest BCUT2D eigenvalue weighted by molar-refractivity contribution is 8.00. The van der Waals surface area contributed by atoms with Crippen LogP contribution in [-0.4, -0.2) is 13.4 Å². The van der Waals surface area contributed by atoms with Gasteiger partial charge in [0, 0.05) is 63.9 Å². The second kappa shape index (κ2) is 20.6. The zero-order chi connectivity index (χ0) is 61.8. The standard InChI is InChI=1S/C84H68B2N2OS2/c1-82(2,3)55-42-59(51-28-14-10-15-29-51)78(60(43-55)52-30-16-11-17-31-52)87-68-50-75-63(58-36-22-26-40-73(58)90-75)48-66(68)86-67-49-72-77-81(91-74-41-27-24-38-65(74)85(77)64-37-23-25-39-71(64)89-72)80(67)88(70-47-57(84(7,8)9)46-69(87)76(70)86)79-61(53-32-18-12-19-33-53)44-56(83(4,5)6)45-62(79)54-34-20-13-21-35-54/h10-50H,1-9H3. The summed E-state index contributed by atoms with van der Waals surface area (Å²) in [6.07, 6.45) is 0. The van der Waals surface area contributed by atoms with Crippen molar-refractivity contribution < 1.29 is 4.74 Å². The summed E-state index contributed by atoms with van der Waals surface area (Å²) in [5.74, 6) is 1.83. The van der Waals surface area contributed by atoms with Gasteiger partial charge in [0.15, 0.2) is 0 Å². The molecule has 0 spiro atoms. The number of nitrogens with zero attached hydrogens (tertiary/aromatic N) is 2. The molecule has 0 atom stereocenters. The van der Waals surface area contributed by atoms with E-state index in [1.807, 2.05) is 23.1 Å². The maximum atomic E-state index is 7.50. The first-order valence-corrected chi connectivity index (χ1v) is 33.8. The fourth-order valence-corrected chi connectivity index (χ4v) is 17.4. The Hall–Kier alpha value is -9.26. The van der Waals surface area contributed by atoms with Gasteiger partial charge in [0.1, 0.15) is 11.5 Å². The third-order valence-electron chi connectivity index (χ3n) is 19.6. The first-order valence-electron chi connectivity index (χ1n) is 32.1. The van der Waals surface area contributed by atoms with Gasteiger partial charge in [0.05, 0.1) is 17.1 Å². The normalized spacial score (nSPS) is 13.7. The summed E-state index contributed by atoms with van der Waals surface area (Å²) in [6, 6.07) is 94.7. The average molecular weight is 1210 g/mol. The van der Waals surface area contributed by atoms with Gasteiger partial charge < -0.3 is 14.5 Å².